The van der Waals surface area contributed by atoms with Crippen LogP contribution < -0.4 is 5.32 Å². The second-order valence-electron chi connectivity index (χ2n) is 7.32. The molecule has 2 fully saturated rings. The van der Waals surface area contributed by atoms with Crippen molar-refractivity contribution in [2.45, 2.75) is 6.42 Å². The van der Waals surface area contributed by atoms with E-state index < -0.39 is 0 Å². The molecule has 2 aromatic rings. The molecule has 0 saturated carbocycles. The third-order valence-electron chi connectivity index (χ3n) is 5.50. The lowest BCUT2D eigenvalue weighted by Crippen LogP contribution is -2.42. The van der Waals surface area contributed by atoms with E-state index in [1.807, 2.05) is 41.3 Å². The number of anilines is 1. The summed E-state index contributed by atoms with van der Waals surface area (Å²) in [5, 5.41) is 5.07. The summed E-state index contributed by atoms with van der Waals surface area (Å²) in [6.07, 6.45) is 0.281. The molecule has 1 atom stereocenters. The Hall–Kier alpha value is -1.96. The van der Waals surface area contributed by atoms with E-state index in [0.29, 0.717) is 13.1 Å². The van der Waals surface area contributed by atoms with Gasteiger partial charge < -0.3 is 15.0 Å². The van der Waals surface area contributed by atoms with Crippen molar-refractivity contribution in [2.75, 3.05) is 51.3 Å². The van der Waals surface area contributed by atoms with Crippen molar-refractivity contribution in [3.05, 3.63) is 40.9 Å². The summed E-state index contributed by atoms with van der Waals surface area (Å²) in [5.74, 6) is -0.330. The van der Waals surface area contributed by atoms with Gasteiger partial charge in [-0.05, 0) is 17.5 Å². The van der Waals surface area contributed by atoms with Gasteiger partial charge in [0.05, 0.1) is 19.1 Å². The average Bonchev–Trinajstić information content (AvgIpc) is 3.10. The standard InChI is InChI=1S/C21H24BrN3O3/c22-18-5-6-19(17-4-2-1-3-16(17)18)23-21(27)15-13-20(26)25(14-15)8-7-24-9-11-28-12-10-24/h1-6,15H,7-14H2,(H,23,27). The monoisotopic (exact) mass is 445 g/mol. The van der Waals surface area contributed by atoms with Crippen molar-refractivity contribution < 1.29 is 14.3 Å². The quantitative estimate of drug-likeness (QED) is 0.768. The first-order valence-electron chi connectivity index (χ1n) is 9.68. The molecule has 0 aliphatic carbocycles. The van der Waals surface area contributed by atoms with Crippen molar-refractivity contribution in [2.24, 2.45) is 5.92 Å². The van der Waals surface area contributed by atoms with E-state index in [0.717, 1.165) is 53.8 Å². The number of halogens is 1. The predicted molar refractivity (Wildman–Crippen MR) is 112 cm³/mol. The molecule has 1 unspecified atom stereocenters. The lowest BCUT2D eigenvalue weighted by molar-refractivity contribution is -0.128. The molecule has 28 heavy (non-hydrogen) atoms. The van der Waals surface area contributed by atoms with Crippen LogP contribution in [0.15, 0.2) is 40.9 Å². The van der Waals surface area contributed by atoms with Crippen molar-refractivity contribution in [1.82, 2.24) is 9.80 Å². The Morgan fingerprint density at radius 1 is 1.11 bits per heavy atom. The van der Waals surface area contributed by atoms with Gasteiger partial charge in [0.1, 0.15) is 0 Å². The zero-order valence-corrected chi connectivity index (χ0v) is 17.3. The minimum absolute atomic E-state index is 0.0640. The second-order valence-corrected chi connectivity index (χ2v) is 8.18. The smallest absolute Gasteiger partial charge is 0.229 e. The highest BCUT2D eigenvalue weighted by atomic mass is 79.9. The van der Waals surface area contributed by atoms with E-state index in [2.05, 4.69) is 26.1 Å². The zero-order chi connectivity index (χ0) is 19.5. The number of morpholine rings is 1. The number of ether oxygens (including phenoxy) is 1. The van der Waals surface area contributed by atoms with Crippen molar-refractivity contribution in [1.29, 1.82) is 0 Å². The number of amides is 2. The fraction of sp³-hybridized carbons (Fsp3) is 0.429. The molecule has 0 bridgehead atoms. The number of hydrogen-bond donors (Lipinski definition) is 1. The summed E-state index contributed by atoms with van der Waals surface area (Å²) in [6, 6.07) is 11.8. The summed E-state index contributed by atoms with van der Waals surface area (Å²) in [6.45, 7) is 5.31. The number of nitrogens with zero attached hydrogens (tertiary/aromatic N) is 2. The van der Waals surface area contributed by atoms with Crippen LogP contribution >= 0.6 is 15.9 Å². The third kappa shape index (κ3) is 4.21. The summed E-state index contributed by atoms with van der Waals surface area (Å²) < 4.78 is 6.35. The fourth-order valence-corrected chi connectivity index (χ4v) is 4.33. The van der Waals surface area contributed by atoms with Gasteiger partial charge in [-0.1, -0.05) is 40.2 Å². The number of nitrogens with one attached hydrogen (secondary N) is 1. The van der Waals surface area contributed by atoms with Crippen LogP contribution in [0.2, 0.25) is 0 Å². The molecule has 6 nitrogen and oxygen atoms in total. The van der Waals surface area contributed by atoms with Gasteiger partial charge in [0.25, 0.3) is 0 Å². The van der Waals surface area contributed by atoms with Crippen molar-refractivity contribution in [3.63, 3.8) is 0 Å². The lowest BCUT2D eigenvalue weighted by atomic mass is 10.1. The largest absolute Gasteiger partial charge is 0.379 e. The summed E-state index contributed by atoms with van der Waals surface area (Å²) in [4.78, 5) is 29.3. The Bertz CT molecular complexity index is 882. The molecule has 2 aromatic carbocycles. The summed E-state index contributed by atoms with van der Waals surface area (Å²) >= 11 is 3.55. The van der Waals surface area contributed by atoms with Gasteiger partial charge in [-0.25, -0.2) is 0 Å². The van der Waals surface area contributed by atoms with Crippen LogP contribution in [0.4, 0.5) is 5.69 Å². The summed E-state index contributed by atoms with van der Waals surface area (Å²) in [5.41, 5.74) is 0.781. The highest BCUT2D eigenvalue weighted by Gasteiger charge is 2.34. The van der Waals surface area contributed by atoms with Gasteiger partial charge in [-0.3, -0.25) is 14.5 Å². The lowest BCUT2D eigenvalue weighted by Gasteiger charge is -2.28. The molecule has 2 saturated heterocycles. The van der Waals surface area contributed by atoms with E-state index >= 15 is 0 Å². The summed E-state index contributed by atoms with van der Waals surface area (Å²) in [7, 11) is 0. The highest BCUT2D eigenvalue weighted by molar-refractivity contribution is 9.10. The molecule has 148 valence electrons. The van der Waals surface area contributed by atoms with Crippen LogP contribution in [0.1, 0.15) is 6.42 Å². The van der Waals surface area contributed by atoms with Gasteiger partial charge in [0.2, 0.25) is 11.8 Å². The SMILES string of the molecule is O=C(Nc1ccc(Br)c2ccccc12)C1CC(=O)N(CCN2CCOCC2)C1. The number of carbonyl (C=O) groups is 2. The molecule has 1 N–H and O–H groups in total. The van der Waals surface area contributed by atoms with Crippen LogP contribution in [-0.2, 0) is 14.3 Å². The van der Waals surface area contributed by atoms with Gasteiger partial charge in [-0.2, -0.15) is 0 Å². The van der Waals surface area contributed by atoms with Gasteiger partial charge >= 0.3 is 0 Å². The molecule has 0 spiro atoms. The minimum Gasteiger partial charge on any atom is -0.379 e. The van der Waals surface area contributed by atoms with E-state index in [1.165, 1.54) is 0 Å². The molecule has 2 amide bonds. The first-order valence-corrected chi connectivity index (χ1v) is 10.5. The maximum absolute atomic E-state index is 12.8. The van der Waals surface area contributed by atoms with Crippen LogP contribution in [-0.4, -0.2) is 67.6 Å². The number of fused-ring (bicyclic) bond motifs is 1. The van der Waals surface area contributed by atoms with Gasteiger partial charge in [0, 0.05) is 54.7 Å². The normalized spacial score (nSPS) is 20.7. The first kappa shape index (κ1) is 19.4. The number of benzene rings is 2. The first-order chi connectivity index (χ1) is 13.6. The Morgan fingerprint density at radius 2 is 1.86 bits per heavy atom. The van der Waals surface area contributed by atoms with E-state index in [-0.39, 0.29) is 24.2 Å². The Morgan fingerprint density at radius 3 is 2.64 bits per heavy atom. The maximum Gasteiger partial charge on any atom is 0.229 e. The van der Waals surface area contributed by atoms with E-state index in [1.54, 1.807) is 0 Å². The van der Waals surface area contributed by atoms with Crippen LogP contribution in [0.25, 0.3) is 10.8 Å². The Labute approximate surface area is 172 Å². The Kier molecular flexibility index (Phi) is 5.94. The molecule has 0 aromatic heterocycles. The molecular formula is C21H24BrN3O3. The number of likely N-dealkylation sites (tertiary alicyclic amines) is 1. The topological polar surface area (TPSA) is 61.9 Å². The third-order valence-corrected chi connectivity index (χ3v) is 6.20. The van der Waals surface area contributed by atoms with E-state index in [9.17, 15) is 9.59 Å². The van der Waals surface area contributed by atoms with Crippen LogP contribution in [0.3, 0.4) is 0 Å². The van der Waals surface area contributed by atoms with Gasteiger partial charge in [-0.15, -0.1) is 0 Å². The van der Waals surface area contributed by atoms with E-state index in [4.69, 9.17) is 4.74 Å². The molecular weight excluding hydrogens is 422 g/mol. The van der Waals surface area contributed by atoms with Gasteiger partial charge in [0.15, 0.2) is 0 Å². The minimum atomic E-state index is -0.306. The number of hydrogen-bond acceptors (Lipinski definition) is 4. The molecule has 2 aliphatic heterocycles. The Balaban J connectivity index is 1.38. The molecule has 2 heterocycles. The second kappa shape index (κ2) is 8.59. The highest BCUT2D eigenvalue weighted by Crippen LogP contribution is 2.30. The average molecular weight is 446 g/mol. The van der Waals surface area contributed by atoms with Crippen molar-refractivity contribution >= 4 is 44.2 Å². The van der Waals surface area contributed by atoms with Crippen LogP contribution in [0, 0.1) is 5.92 Å². The van der Waals surface area contributed by atoms with Crippen LogP contribution in [0.5, 0.6) is 0 Å². The zero-order valence-electron chi connectivity index (χ0n) is 15.7. The number of rotatable bonds is 5. The molecule has 0 radical (unpaired) electrons. The maximum atomic E-state index is 12.8. The molecule has 2 aliphatic rings. The molecule has 7 heteroatoms. The predicted octanol–water partition coefficient (Wildman–Crippen LogP) is 2.72. The molecule has 4 rings (SSSR count). The number of carbonyl (C=O) groups excluding carboxylic acids is 2. The van der Waals surface area contributed by atoms with Crippen molar-refractivity contribution in [3.8, 4) is 0 Å². The fourth-order valence-electron chi connectivity index (χ4n) is 3.86.